The first-order valence-corrected chi connectivity index (χ1v) is 12.2. The summed E-state index contributed by atoms with van der Waals surface area (Å²) in [6.45, 7) is 2.80. The number of para-hydroxylation sites is 1. The van der Waals surface area contributed by atoms with E-state index in [4.69, 9.17) is 21.1 Å². The zero-order chi connectivity index (χ0) is 22.0. The number of hydrogen-bond acceptors (Lipinski definition) is 7. The molecule has 3 aromatic rings. The molecule has 1 aliphatic heterocycles. The van der Waals surface area contributed by atoms with Gasteiger partial charge in [-0.25, -0.2) is 17.9 Å². The predicted molar refractivity (Wildman–Crippen MR) is 116 cm³/mol. The van der Waals surface area contributed by atoms with Gasteiger partial charge in [-0.2, -0.15) is 9.40 Å². The van der Waals surface area contributed by atoms with Crippen LogP contribution >= 0.6 is 22.9 Å². The molecule has 0 atom stereocenters. The average molecular weight is 482 g/mol. The van der Waals surface area contributed by atoms with Crippen molar-refractivity contribution in [3.63, 3.8) is 0 Å². The van der Waals surface area contributed by atoms with Crippen LogP contribution in [0.5, 0.6) is 0 Å². The van der Waals surface area contributed by atoms with Crippen LogP contribution in [-0.4, -0.2) is 54.8 Å². The van der Waals surface area contributed by atoms with Gasteiger partial charge in [0.15, 0.2) is 0 Å². The largest absolute Gasteiger partial charge is 0.456 e. The summed E-state index contributed by atoms with van der Waals surface area (Å²) in [5.74, 6) is -0.718. The molecule has 2 aromatic heterocycles. The third-order valence-electron chi connectivity index (χ3n) is 4.87. The van der Waals surface area contributed by atoms with E-state index in [0.29, 0.717) is 29.6 Å². The number of aryl methyl sites for hydroxylation is 1. The first kappa shape index (κ1) is 22.0. The molecule has 1 saturated heterocycles. The molecule has 0 N–H and O–H groups in total. The van der Waals surface area contributed by atoms with Crippen LogP contribution < -0.4 is 0 Å². The van der Waals surface area contributed by atoms with E-state index in [-0.39, 0.29) is 29.5 Å². The third kappa shape index (κ3) is 4.39. The molecule has 11 heteroatoms. The van der Waals surface area contributed by atoms with E-state index in [1.165, 1.54) is 10.4 Å². The van der Waals surface area contributed by atoms with E-state index in [1.807, 2.05) is 30.3 Å². The number of benzene rings is 1. The minimum absolute atomic E-state index is 0.0377. The van der Waals surface area contributed by atoms with Gasteiger partial charge in [-0.15, -0.1) is 11.3 Å². The van der Waals surface area contributed by atoms with Gasteiger partial charge in [0.25, 0.3) is 0 Å². The van der Waals surface area contributed by atoms with Gasteiger partial charge in [0.1, 0.15) is 21.5 Å². The molecule has 0 spiro atoms. The Hall–Kier alpha value is -2.24. The van der Waals surface area contributed by atoms with Crippen LogP contribution in [0.4, 0.5) is 0 Å². The van der Waals surface area contributed by atoms with Crippen LogP contribution in [0.15, 0.2) is 46.7 Å². The normalized spacial score (nSPS) is 15.2. The van der Waals surface area contributed by atoms with Gasteiger partial charge in [0, 0.05) is 18.7 Å². The summed E-state index contributed by atoms with van der Waals surface area (Å²) in [6.07, 6.45) is 0. The van der Waals surface area contributed by atoms with Crippen LogP contribution in [0, 0.1) is 6.92 Å². The highest BCUT2D eigenvalue weighted by Crippen LogP contribution is 2.28. The van der Waals surface area contributed by atoms with Gasteiger partial charge < -0.3 is 9.47 Å². The van der Waals surface area contributed by atoms with Crippen LogP contribution in [0.2, 0.25) is 5.15 Å². The van der Waals surface area contributed by atoms with Crippen molar-refractivity contribution in [3.8, 4) is 5.69 Å². The molecule has 8 nitrogen and oxygen atoms in total. The molecule has 4 rings (SSSR count). The zero-order valence-electron chi connectivity index (χ0n) is 16.7. The highest BCUT2D eigenvalue weighted by atomic mass is 35.5. The molecule has 1 aliphatic rings. The monoisotopic (exact) mass is 481 g/mol. The fourth-order valence-electron chi connectivity index (χ4n) is 3.21. The number of carbonyl (C=O) groups is 1. The van der Waals surface area contributed by atoms with Crippen molar-refractivity contribution in [1.82, 2.24) is 14.1 Å². The van der Waals surface area contributed by atoms with Crippen LogP contribution in [0.25, 0.3) is 5.69 Å². The molecular formula is C20H20ClN3O5S2. The molecule has 0 bridgehead atoms. The van der Waals surface area contributed by atoms with E-state index in [0.717, 1.165) is 17.0 Å². The SMILES string of the molecule is Cc1nn(-c2ccccc2)c(Cl)c1COC(=O)c1sccc1S(=O)(=O)N1CCOCC1. The highest BCUT2D eigenvalue weighted by Gasteiger charge is 2.32. The first-order chi connectivity index (χ1) is 14.9. The zero-order valence-corrected chi connectivity index (χ0v) is 19.0. The lowest BCUT2D eigenvalue weighted by molar-refractivity contribution is 0.0473. The van der Waals surface area contributed by atoms with Crippen molar-refractivity contribution in [1.29, 1.82) is 0 Å². The number of hydrogen-bond donors (Lipinski definition) is 0. The van der Waals surface area contributed by atoms with E-state index in [2.05, 4.69) is 5.10 Å². The molecule has 0 aliphatic carbocycles. The Morgan fingerprint density at radius 1 is 1.23 bits per heavy atom. The van der Waals surface area contributed by atoms with Gasteiger partial charge >= 0.3 is 5.97 Å². The predicted octanol–water partition coefficient (Wildman–Crippen LogP) is 3.27. The lowest BCUT2D eigenvalue weighted by Gasteiger charge is -2.25. The smallest absolute Gasteiger partial charge is 0.350 e. The van der Waals surface area contributed by atoms with Gasteiger partial charge in [0.05, 0.1) is 24.6 Å². The number of aromatic nitrogens is 2. The number of morpholine rings is 1. The summed E-state index contributed by atoms with van der Waals surface area (Å²) in [5.41, 5.74) is 1.97. The van der Waals surface area contributed by atoms with Crippen molar-refractivity contribution in [2.75, 3.05) is 26.3 Å². The second-order valence-corrected chi connectivity index (χ2v) is 9.99. The molecule has 164 valence electrons. The van der Waals surface area contributed by atoms with Gasteiger partial charge in [-0.05, 0) is 30.5 Å². The van der Waals surface area contributed by atoms with Crippen LogP contribution in [0.1, 0.15) is 20.9 Å². The van der Waals surface area contributed by atoms with Crippen LogP contribution in [-0.2, 0) is 26.1 Å². The number of sulfonamides is 1. The summed E-state index contributed by atoms with van der Waals surface area (Å²) in [4.78, 5) is 12.7. The van der Waals surface area contributed by atoms with Crippen molar-refractivity contribution >= 4 is 38.9 Å². The fraction of sp³-hybridized carbons (Fsp3) is 0.300. The lowest BCUT2D eigenvalue weighted by Crippen LogP contribution is -2.40. The molecular weight excluding hydrogens is 462 g/mol. The molecule has 0 amide bonds. The summed E-state index contributed by atoms with van der Waals surface area (Å²) < 4.78 is 39.4. The number of thiophene rings is 1. The quantitative estimate of drug-likeness (QED) is 0.502. The van der Waals surface area contributed by atoms with Crippen molar-refractivity contribution in [2.45, 2.75) is 18.4 Å². The van der Waals surface area contributed by atoms with Gasteiger partial charge in [-0.1, -0.05) is 29.8 Å². The second kappa shape index (κ2) is 9.09. The minimum Gasteiger partial charge on any atom is -0.456 e. The third-order valence-corrected chi connectivity index (χ3v) is 8.23. The summed E-state index contributed by atoms with van der Waals surface area (Å²) in [5, 5.41) is 6.32. The molecule has 0 unspecified atom stereocenters. The second-order valence-electron chi connectivity index (χ2n) is 6.81. The Kier molecular flexibility index (Phi) is 6.44. The standard InChI is InChI=1S/C20H20ClN3O5S2/c1-14-16(19(21)24(22-14)15-5-3-2-4-6-15)13-29-20(25)18-17(7-12-30-18)31(26,27)23-8-10-28-11-9-23/h2-7,12H,8-11,13H2,1H3. The number of halogens is 1. The fourth-order valence-corrected chi connectivity index (χ4v) is 6.23. The maximum atomic E-state index is 13.0. The molecule has 1 aromatic carbocycles. The van der Waals surface area contributed by atoms with E-state index >= 15 is 0 Å². The van der Waals surface area contributed by atoms with Crippen molar-refractivity contribution in [3.05, 3.63) is 63.1 Å². The first-order valence-electron chi connectivity index (χ1n) is 9.51. The maximum Gasteiger partial charge on any atom is 0.350 e. The number of carbonyl (C=O) groups excluding carboxylic acids is 1. The maximum absolute atomic E-state index is 13.0. The number of nitrogens with zero attached hydrogens (tertiary/aromatic N) is 3. The lowest BCUT2D eigenvalue weighted by atomic mass is 10.3. The number of esters is 1. The average Bonchev–Trinajstić information content (AvgIpc) is 3.39. The Morgan fingerprint density at radius 3 is 2.65 bits per heavy atom. The minimum atomic E-state index is -3.81. The Bertz CT molecular complexity index is 1180. The van der Waals surface area contributed by atoms with Crippen molar-refractivity contribution in [2.24, 2.45) is 0 Å². The van der Waals surface area contributed by atoms with Crippen LogP contribution in [0.3, 0.4) is 0 Å². The molecule has 1 fully saturated rings. The summed E-state index contributed by atoms with van der Waals surface area (Å²) in [6, 6.07) is 10.8. The summed E-state index contributed by atoms with van der Waals surface area (Å²) >= 11 is 7.50. The Balaban J connectivity index is 1.52. The van der Waals surface area contributed by atoms with Crippen molar-refractivity contribution < 1.29 is 22.7 Å². The molecule has 0 radical (unpaired) electrons. The van der Waals surface area contributed by atoms with E-state index < -0.39 is 16.0 Å². The molecule has 0 saturated carbocycles. The number of ether oxygens (including phenoxy) is 2. The van der Waals surface area contributed by atoms with Gasteiger partial charge in [0.2, 0.25) is 10.0 Å². The van der Waals surface area contributed by atoms with Gasteiger partial charge in [-0.3, -0.25) is 0 Å². The summed E-state index contributed by atoms with van der Waals surface area (Å²) in [7, 11) is -3.81. The van der Waals surface area contributed by atoms with E-state index in [1.54, 1.807) is 17.0 Å². The highest BCUT2D eigenvalue weighted by molar-refractivity contribution is 7.89. The topological polar surface area (TPSA) is 90.7 Å². The molecule has 31 heavy (non-hydrogen) atoms. The molecule has 3 heterocycles. The number of rotatable bonds is 6. The Morgan fingerprint density at radius 2 is 1.94 bits per heavy atom. The van der Waals surface area contributed by atoms with E-state index in [9.17, 15) is 13.2 Å². The Labute approximate surface area is 189 Å².